The largest absolute Gasteiger partial charge is 0.481 e. The van der Waals surface area contributed by atoms with E-state index >= 15 is 0 Å². The Balaban J connectivity index is 2.32. The molecule has 1 aliphatic carbocycles. The van der Waals surface area contributed by atoms with Gasteiger partial charge in [-0.2, -0.15) is 0 Å². The van der Waals surface area contributed by atoms with Gasteiger partial charge in [-0.25, -0.2) is 0 Å². The van der Waals surface area contributed by atoms with E-state index in [1.165, 1.54) is 6.42 Å². The number of hydrogen-bond acceptors (Lipinski definition) is 3. The molecule has 0 spiro atoms. The standard InChI is InChI=1S/C10H19NO3/c11-8-10(5-2-1-3-6-10)14-7-4-9(12)13/h1-8,11H2,(H,12,13). The monoisotopic (exact) mass is 201 g/mol. The van der Waals surface area contributed by atoms with Crippen LogP contribution in [0, 0.1) is 0 Å². The summed E-state index contributed by atoms with van der Waals surface area (Å²) < 4.78 is 5.62. The number of rotatable bonds is 5. The molecule has 0 aromatic heterocycles. The fraction of sp³-hybridized carbons (Fsp3) is 0.900. The third-order valence-electron chi connectivity index (χ3n) is 2.86. The van der Waals surface area contributed by atoms with E-state index in [1.807, 2.05) is 0 Å². The lowest BCUT2D eigenvalue weighted by Gasteiger charge is -2.36. The molecule has 0 bridgehead atoms. The minimum absolute atomic E-state index is 0.0712. The van der Waals surface area contributed by atoms with Gasteiger partial charge < -0.3 is 15.6 Å². The minimum atomic E-state index is -0.812. The molecule has 0 aliphatic heterocycles. The highest BCUT2D eigenvalue weighted by Crippen LogP contribution is 2.30. The normalized spacial score (nSPS) is 20.6. The quantitative estimate of drug-likeness (QED) is 0.699. The summed E-state index contributed by atoms with van der Waals surface area (Å²) >= 11 is 0. The maximum Gasteiger partial charge on any atom is 0.305 e. The number of aliphatic carboxylic acids is 1. The lowest BCUT2D eigenvalue weighted by Crippen LogP contribution is -2.42. The third-order valence-corrected chi connectivity index (χ3v) is 2.86. The van der Waals surface area contributed by atoms with Crippen LogP contribution in [0.2, 0.25) is 0 Å². The number of carboxylic acid groups (broad SMARTS) is 1. The van der Waals surface area contributed by atoms with Gasteiger partial charge in [0.1, 0.15) is 0 Å². The van der Waals surface area contributed by atoms with Gasteiger partial charge in [0.2, 0.25) is 0 Å². The molecule has 4 heteroatoms. The van der Waals surface area contributed by atoms with Crippen molar-refractivity contribution in [2.45, 2.75) is 44.1 Å². The van der Waals surface area contributed by atoms with E-state index < -0.39 is 5.97 Å². The molecule has 0 radical (unpaired) electrons. The summed E-state index contributed by atoms with van der Waals surface area (Å²) in [5.41, 5.74) is 5.45. The lowest BCUT2D eigenvalue weighted by molar-refractivity contribution is -0.140. The Morgan fingerprint density at radius 2 is 2.00 bits per heavy atom. The van der Waals surface area contributed by atoms with Gasteiger partial charge >= 0.3 is 5.97 Å². The topological polar surface area (TPSA) is 72.5 Å². The molecule has 0 atom stereocenters. The van der Waals surface area contributed by atoms with E-state index in [9.17, 15) is 4.79 Å². The fourth-order valence-corrected chi connectivity index (χ4v) is 1.96. The van der Waals surface area contributed by atoms with Gasteiger partial charge in [0, 0.05) is 6.54 Å². The molecular formula is C10H19NO3. The molecule has 0 heterocycles. The Morgan fingerprint density at radius 3 is 2.50 bits per heavy atom. The zero-order valence-corrected chi connectivity index (χ0v) is 8.50. The molecule has 1 fully saturated rings. The van der Waals surface area contributed by atoms with Crippen molar-refractivity contribution in [2.75, 3.05) is 13.2 Å². The molecule has 1 aliphatic rings. The number of hydrogen-bond donors (Lipinski definition) is 2. The third kappa shape index (κ3) is 3.27. The maximum absolute atomic E-state index is 10.3. The molecule has 0 aromatic carbocycles. The second-order valence-corrected chi connectivity index (χ2v) is 3.94. The Kier molecular flexibility index (Phi) is 4.35. The predicted molar refractivity (Wildman–Crippen MR) is 53.1 cm³/mol. The molecule has 0 unspecified atom stereocenters. The first-order valence-corrected chi connectivity index (χ1v) is 5.24. The van der Waals surface area contributed by atoms with Gasteiger partial charge in [-0.3, -0.25) is 4.79 Å². The molecule has 3 N–H and O–H groups in total. The fourth-order valence-electron chi connectivity index (χ4n) is 1.96. The predicted octanol–water partition coefficient (Wildman–Crippen LogP) is 1.14. The minimum Gasteiger partial charge on any atom is -0.481 e. The van der Waals surface area contributed by atoms with Crippen molar-refractivity contribution in [1.29, 1.82) is 0 Å². The zero-order valence-electron chi connectivity index (χ0n) is 8.50. The lowest BCUT2D eigenvalue weighted by atomic mass is 9.85. The molecule has 4 nitrogen and oxygen atoms in total. The maximum atomic E-state index is 10.3. The van der Waals surface area contributed by atoms with Crippen molar-refractivity contribution in [1.82, 2.24) is 0 Å². The number of carbonyl (C=O) groups is 1. The van der Waals surface area contributed by atoms with E-state index in [0.717, 1.165) is 25.7 Å². The average molecular weight is 201 g/mol. The molecule has 0 amide bonds. The summed E-state index contributed by atoms with van der Waals surface area (Å²) in [6.07, 6.45) is 5.55. The highest BCUT2D eigenvalue weighted by molar-refractivity contribution is 5.66. The molecular weight excluding hydrogens is 182 g/mol. The van der Waals surface area contributed by atoms with Crippen molar-refractivity contribution < 1.29 is 14.6 Å². The summed E-state index contributed by atoms with van der Waals surface area (Å²) in [5.74, 6) is -0.812. The number of carboxylic acids is 1. The first-order valence-electron chi connectivity index (χ1n) is 5.24. The number of nitrogens with two attached hydrogens (primary N) is 1. The van der Waals surface area contributed by atoms with Gasteiger partial charge in [-0.05, 0) is 12.8 Å². The molecule has 0 aromatic rings. The smallest absolute Gasteiger partial charge is 0.305 e. The summed E-state index contributed by atoms with van der Waals surface area (Å²) in [6.45, 7) is 0.791. The van der Waals surface area contributed by atoms with E-state index in [-0.39, 0.29) is 18.6 Å². The van der Waals surface area contributed by atoms with Crippen molar-refractivity contribution in [3.8, 4) is 0 Å². The van der Waals surface area contributed by atoms with Crippen LogP contribution >= 0.6 is 0 Å². The van der Waals surface area contributed by atoms with E-state index in [1.54, 1.807) is 0 Å². The summed E-state index contributed by atoms with van der Waals surface area (Å²) in [6, 6.07) is 0. The van der Waals surface area contributed by atoms with Crippen LogP contribution in [-0.4, -0.2) is 29.8 Å². The first-order chi connectivity index (χ1) is 6.68. The van der Waals surface area contributed by atoms with Crippen LogP contribution in [-0.2, 0) is 9.53 Å². The van der Waals surface area contributed by atoms with Crippen molar-refractivity contribution in [3.05, 3.63) is 0 Å². The summed E-state index contributed by atoms with van der Waals surface area (Å²) in [7, 11) is 0. The van der Waals surface area contributed by atoms with Gasteiger partial charge in [-0.15, -0.1) is 0 Å². The van der Waals surface area contributed by atoms with Crippen LogP contribution in [0.5, 0.6) is 0 Å². The molecule has 82 valence electrons. The van der Waals surface area contributed by atoms with Crippen molar-refractivity contribution >= 4 is 5.97 Å². The van der Waals surface area contributed by atoms with Crippen molar-refractivity contribution in [3.63, 3.8) is 0 Å². The molecule has 0 saturated heterocycles. The van der Waals surface area contributed by atoms with Crippen LogP contribution in [0.25, 0.3) is 0 Å². The highest BCUT2D eigenvalue weighted by Gasteiger charge is 2.31. The molecule has 14 heavy (non-hydrogen) atoms. The summed E-state index contributed by atoms with van der Waals surface area (Å²) in [4.78, 5) is 10.3. The number of ether oxygens (including phenoxy) is 1. The first kappa shape index (κ1) is 11.5. The second kappa shape index (κ2) is 5.32. The highest BCUT2D eigenvalue weighted by atomic mass is 16.5. The summed E-state index contributed by atoms with van der Waals surface area (Å²) in [5, 5.41) is 8.49. The SMILES string of the molecule is NCC1(OCCC(=O)O)CCCCC1. The second-order valence-electron chi connectivity index (χ2n) is 3.94. The van der Waals surface area contributed by atoms with E-state index in [0.29, 0.717) is 6.54 Å². The average Bonchev–Trinajstić information content (AvgIpc) is 2.19. The van der Waals surface area contributed by atoms with Gasteiger partial charge in [0.15, 0.2) is 0 Å². The van der Waals surface area contributed by atoms with Crippen LogP contribution < -0.4 is 5.73 Å². The van der Waals surface area contributed by atoms with Crippen molar-refractivity contribution in [2.24, 2.45) is 5.73 Å². The molecule has 1 saturated carbocycles. The zero-order chi connectivity index (χ0) is 10.4. The Hall–Kier alpha value is -0.610. The molecule has 1 rings (SSSR count). The van der Waals surface area contributed by atoms with E-state index in [4.69, 9.17) is 15.6 Å². The van der Waals surface area contributed by atoms with Gasteiger partial charge in [0.25, 0.3) is 0 Å². The Morgan fingerprint density at radius 1 is 1.36 bits per heavy atom. The van der Waals surface area contributed by atoms with Crippen LogP contribution in [0.3, 0.4) is 0 Å². The Bertz CT molecular complexity index is 188. The van der Waals surface area contributed by atoms with Gasteiger partial charge in [0.05, 0.1) is 18.6 Å². The van der Waals surface area contributed by atoms with E-state index in [2.05, 4.69) is 0 Å². The van der Waals surface area contributed by atoms with Gasteiger partial charge in [-0.1, -0.05) is 19.3 Å². The Labute approximate surface area is 84.4 Å². The van der Waals surface area contributed by atoms with Crippen LogP contribution in [0.15, 0.2) is 0 Å². The van der Waals surface area contributed by atoms with Crippen LogP contribution in [0.1, 0.15) is 38.5 Å². The van der Waals surface area contributed by atoms with Crippen LogP contribution in [0.4, 0.5) is 0 Å².